The van der Waals surface area contributed by atoms with Crippen LogP contribution >= 0.6 is 0 Å². The van der Waals surface area contributed by atoms with Gasteiger partial charge in [-0.3, -0.25) is 0 Å². The monoisotopic (exact) mass is 191 g/mol. The summed E-state index contributed by atoms with van der Waals surface area (Å²) in [6, 6.07) is 7.09. The summed E-state index contributed by atoms with van der Waals surface area (Å²) in [5.74, 6) is 0.658. The third-order valence-corrected chi connectivity index (χ3v) is 1.77. The van der Waals surface area contributed by atoms with Gasteiger partial charge in [-0.1, -0.05) is 5.16 Å². The second-order valence-electron chi connectivity index (χ2n) is 2.79. The Hall–Kier alpha value is -1.88. The lowest BCUT2D eigenvalue weighted by molar-refractivity contribution is 0.222. The van der Waals surface area contributed by atoms with Gasteiger partial charge in [0.1, 0.15) is 6.61 Å². The van der Waals surface area contributed by atoms with Crippen LogP contribution in [-0.4, -0.2) is 15.2 Å². The molecule has 0 amide bonds. The number of aromatic nitrogens is 2. The maximum Gasteiger partial charge on any atom is 0.252 e. The Balaban J connectivity index is 2.34. The number of hydrogen-bond donors (Lipinski definition) is 2. The fourth-order valence-electron chi connectivity index (χ4n) is 1.07. The molecule has 0 spiro atoms. The van der Waals surface area contributed by atoms with Crippen LogP contribution in [0.25, 0.3) is 11.4 Å². The van der Waals surface area contributed by atoms with E-state index < -0.39 is 0 Å². The lowest BCUT2D eigenvalue weighted by atomic mass is 10.2. The van der Waals surface area contributed by atoms with E-state index in [1.165, 1.54) is 0 Å². The first-order valence-electron chi connectivity index (χ1n) is 4.09. The van der Waals surface area contributed by atoms with Crippen LogP contribution in [0.3, 0.4) is 0 Å². The summed E-state index contributed by atoms with van der Waals surface area (Å²) in [7, 11) is 0. The fraction of sp³-hybridized carbons (Fsp3) is 0.111. The van der Waals surface area contributed by atoms with Crippen LogP contribution in [0, 0.1) is 0 Å². The number of nitrogens with two attached hydrogens (primary N) is 1. The van der Waals surface area contributed by atoms with Gasteiger partial charge in [0.15, 0.2) is 0 Å². The van der Waals surface area contributed by atoms with Gasteiger partial charge in [0.05, 0.1) is 0 Å². The first kappa shape index (κ1) is 8.71. The molecule has 1 aromatic heterocycles. The Morgan fingerprint density at radius 1 is 1.29 bits per heavy atom. The molecule has 0 saturated heterocycles. The average molecular weight is 191 g/mol. The number of aliphatic hydroxyl groups is 1. The summed E-state index contributed by atoms with van der Waals surface area (Å²) >= 11 is 0. The molecule has 14 heavy (non-hydrogen) atoms. The predicted molar refractivity (Wildman–Crippen MR) is 50.1 cm³/mol. The molecule has 72 valence electrons. The van der Waals surface area contributed by atoms with E-state index in [9.17, 15) is 0 Å². The lowest BCUT2D eigenvalue weighted by Crippen LogP contribution is -1.86. The Labute approximate surface area is 80.2 Å². The highest BCUT2D eigenvalue weighted by Crippen LogP contribution is 2.16. The van der Waals surface area contributed by atoms with Gasteiger partial charge in [-0.15, -0.1) is 0 Å². The van der Waals surface area contributed by atoms with Gasteiger partial charge in [-0.05, 0) is 24.3 Å². The number of rotatable bonds is 2. The summed E-state index contributed by atoms with van der Waals surface area (Å²) in [5, 5.41) is 12.4. The van der Waals surface area contributed by atoms with Crippen molar-refractivity contribution >= 4 is 5.69 Å². The van der Waals surface area contributed by atoms with Gasteiger partial charge in [0.25, 0.3) is 5.89 Å². The van der Waals surface area contributed by atoms with Crippen molar-refractivity contribution in [3.8, 4) is 11.4 Å². The van der Waals surface area contributed by atoms with Crippen molar-refractivity contribution in [3.05, 3.63) is 30.2 Å². The molecule has 1 heterocycles. The highest BCUT2D eigenvalue weighted by molar-refractivity contribution is 5.57. The van der Waals surface area contributed by atoms with Gasteiger partial charge >= 0.3 is 0 Å². The molecule has 0 unspecified atom stereocenters. The molecule has 3 N–H and O–H groups in total. The minimum Gasteiger partial charge on any atom is -0.399 e. The molecule has 5 nitrogen and oxygen atoms in total. The molecule has 1 aromatic carbocycles. The molecular formula is C9H9N3O2. The lowest BCUT2D eigenvalue weighted by Gasteiger charge is -1.94. The topological polar surface area (TPSA) is 85.2 Å². The Morgan fingerprint density at radius 2 is 2.00 bits per heavy atom. The van der Waals surface area contributed by atoms with Crippen LogP contribution in [0.4, 0.5) is 5.69 Å². The number of nitrogen functional groups attached to an aromatic ring is 1. The average Bonchev–Trinajstić information content (AvgIpc) is 2.67. The Bertz CT molecular complexity index is 422. The Kier molecular flexibility index (Phi) is 2.16. The number of anilines is 1. The minimum atomic E-state index is -0.248. The molecule has 0 fully saturated rings. The normalized spacial score (nSPS) is 10.4. The van der Waals surface area contributed by atoms with Gasteiger partial charge in [0, 0.05) is 11.3 Å². The number of benzene rings is 1. The van der Waals surface area contributed by atoms with Gasteiger partial charge in [0.2, 0.25) is 5.82 Å². The van der Waals surface area contributed by atoms with E-state index >= 15 is 0 Å². The van der Waals surface area contributed by atoms with E-state index in [2.05, 4.69) is 10.1 Å². The summed E-state index contributed by atoms with van der Waals surface area (Å²) in [4.78, 5) is 3.96. The van der Waals surface area contributed by atoms with Crippen molar-refractivity contribution in [2.24, 2.45) is 0 Å². The van der Waals surface area contributed by atoms with Gasteiger partial charge in [-0.2, -0.15) is 4.98 Å². The van der Waals surface area contributed by atoms with Crippen molar-refractivity contribution in [2.75, 3.05) is 5.73 Å². The molecule has 0 atom stereocenters. The van der Waals surface area contributed by atoms with Gasteiger partial charge in [-0.25, -0.2) is 0 Å². The van der Waals surface area contributed by atoms with Gasteiger partial charge < -0.3 is 15.4 Å². The minimum absolute atomic E-state index is 0.205. The van der Waals surface area contributed by atoms with Crippen LogP contribution in [-0.2, 0) is 6.61 Å². The fourth-order valence-corrected chi connectivity index (χ4v) is 1.07. The second-order valence-corrected chi connectivity index (χ2v) is 2.79. The summed E-state index contributed by atoms with van der Waals surface area (Å²) in [5.41, 5.74) is 7.02. The van der Waals surface area contributed by atoms with Crippen LogP contribution in [0.2, 0.25) is 0 Å². The molecular weight excluding hydrogens is 182 g/mol. The molecule has 0 radical (unpaired) electrons. The van der Waals surface area contributed by atoms with Crippen molar-refractivity contribution in [1.29, 1.82) is 0 Å². The standard InChI is InChI=1S/C9H9N3O2/c10-7-3-1-6(2-4-7)9-11-8(5-13)14-12-9/h1-4,13H,5,10H2. The highest BCUT2D eigenvalue weighted by atomic mass is 16.5. The molecule has 0 bridgehead atoms. The highest BCUT2D eigenvalue weighted by Gasteiger charge is 2.06. The maximum atomic E-state index is 8.73. The van der Waals surface area contributed by atoms with E-state index in [4.69, 9.17) is 15.4 Å². The van der Waals surface area contributed by atoms with E-state index in [0.29, 0.717) is 11.5 Å². The molecule has 0 aliphatic rings. The SMILES string of the molecule is Nc1ccc(-c2noc(CO)n2)cc1. The van der Waals surface area contributed by atoms with Crippen LogP contribution in [0.5, 0.6) is 0 Å². The summed E-state index contributed by atoms with van der Waals surface area (Å²) in [6.07, 6.45) is 0. The van der Waals surface area contributed by atoms with E-state index in [1.54, 1.807) is 24.3 Å². The predicted octanol–water partition coefficient (Wildman–Crippen LogP) is 0.811. The first-order chi connectivity index (χ1) is 6.79. The van der Waals surface area contributed by atoms with E-state index in [1.807, 2.05) is 0 Å². The third kappa shape index (κ3) is 1.57. The Morgan fingerprint density at radius 3 is 2.57 bits per heavy atom. The zero-order valence-corrected chi connectivity index (χ0v) is 7.34. The largest absolute Gasteiger partial charge is 0.399 e. The maximum absolute atomic E-state index is 8.73. The van der Waals surface area contributed by atoms with E-state index in [-0.39, 0.29) is 12.5 Å². The van der Waals surface area contributed by atoms with Crippen molar-refractivity contribution in [3.63, 3.8) is 0 Å². The summed E-state index contributed by atoms with van der Waals surface area (Å²) in [6.45, 7) is -0.248. The molecule has 0 aliphatic heterocycles. The first-order valence-corrected chi connectivity index (χ1v) is 4.09. The zero-order valence-electron chi connectivity index (χ0n) is 7.34. The quantitative estimate of drug-likeness (QED) is 0.686. The summed E-state index contributed by atoms with van der Waals surface area (Å²) < 4.78 is 4.76. The van der Waals surface area contributed by atoms with Crippen LogP contribution in [0.1, 0.15) is 5.89 Å². The molecule has 5 heteroatoms. The van der Waals surface area contributed by atoms with Crippen molar-refractivity contribution in [2.45, 2.75) is 6.61 Å². The second kappa shape index (κ2) is 3.47. The molecule has 2 rings (SSSR count). The zero-order chi connectivity index (χ0) is 9.97. The molecule has 0 saturated carbocycles. The smallest absolute Gasteiger partial charge is 0.252 e. The van der Waals surface area contributed by atoms with Crippen molar-refractivity contribution < 1.29 is 9.63 Å². The number of nitrogens with zero attached hydrogens (tertiary/aromatic N) is 2. The molecule has 2 aromatic rings. The third-order valence-electron chi connectivity index (χ3n) is 1.77. The number of hydrogen-bond acceptors (Lipinski definition) is 5. The van der Waals surface area contributed by atoms with Crippen molar-refractivity contribution in [1.82, 2.24) is 10.1 Å². The molecule has 0 aliphatic carbocycles. The van der Waals surface area contributed by atoms with Crippen LogP contribution in [0.15, 0.2) is 28.8 Å². The van der Waals surface area contributed by atoms with E-state index in [0.717, 1.165) is 5.56 Å². The van der Waals surface area contributed by atoms with Crippen LogP contribution < -0.4 is 5.73 Å². The number of aliphatic hydroxyl groups excluding tert-OH is 1.